The normalized spacial score (nSPS) is 14.5. The zero-order valence-corrected chi connectivity index (χ0v) is 11.4. The number of carbonyl (C=O) groups is 2. The summed E-state index contributed by atoms with van der Waals surface area (Å²) >= 11 is 0. The molecule has 5 heteroatoms. The molecule has 0 saturated carbocycles. The third kappa shape index (κ3) is 3.05. The summed E-state index contributed by atoms with van der Waals surface area (Å²) in [6.45, 7) is 6.80. The Labute approximate surface area is 112 Å². The Morgan fingerprint density at radius 1 is 1.32 bits per heavy atom. The van der Waals surface area contributed by atoms with Crippen LogP contribution < -0.4 is 5.32 Å². The summed E-state index contributed by atoms with van der Waals surface area (Å²) in [6, 6.07) is 4.04. The van der Waals surface area contributed by atoms with E-state index in [2.05, 4.69) is 5.32 Å². The SMILES string of the molecule is Cc1cc(C)c(NC(=O)CN2CCOC2=O)c(C)c1. The zero-order chi connectivity index (χ0) is 14.0. The van der Waals surface area contributed by atoms with Gasteiger partial charge in [0.2, 0.25) is 5.91 Å². The van der Waals surface area contributed by atoms with Crippen LogP contribution in [-0.4, -0.2) is 36.6 Å². The van der Waals surface area contributed by atoms with Gasteiger partial charge in [-0.3, -0.25) is 9.69 Å². The number of aryl methyl sites for hydroxylation is 3. The Morgan fingerprint density at radius 2 is 1.95 bits per heavy atom. The highest BCUT2D eigenvalue weighted by Gasteiger charge is 2.24. The first-order valence-corrected chi connectivity index (χ1v) is 6.27. The smallest absolute Gasteiger partial charge is 0.410 e. The molecule has 0 spiro atoms. The second-order valence-corrected chi connectivity index (χ2v) is 4.86. The van der Waals surface area contributed by atoms with Crippen LogP contribution in [0.25, 0.3) is 0 Å². The molecule has 2 rings (SSSR count). The highest BCUT2D eigenvalue weighted by Crippen LogP contribution is 2.21. The van der Waals surface area contributed by atoms with E-state index in [1.54, 1.807) is 0 Å². The molecule has 0 atom stereocenters. The molecule has 1 heterocycles. The lowest BCUT2D eigenvalue weighted by Crippen LogP contribution is -2.34. The molecule has 102 valence electrons. The van der Waals surface area contributed by atoms with Gasteiger partial charge in [-0.15, -0.1) is 0 Å². The first-order chi connectivity index (χ1) is 8.97. The van der Waals surface area contributed by atoms with Crippen LogP contribution in [0.5, 0.6) is 0 Å². The van der Waals surface area contributed by atoms with Crippen molar-refractivity contribution in [1.82, 2.24) is 4.90 Å². The summed E-state index contributed by atoms with van der Waals surface area (Å²) in [5.74, 6) is -0.200. The average molecular weight is 262 g/mol. The molecule has 0 aliphatic carbocycles. The third-order valence-electron chi connectivity index (χ3n) is 3.12. The van der Waals surface area contributed by atoms with Gasteiger partial charge in [0.25, 0.3) is 0 Å². The molecule has 0 aromatic heterocycles. The molecule has 0 radical (unpaired) electrons. The number of ether oxygens (including phenoxy) is 1. The van der Waals surface area contributed by atoms with Gasteiger partial charge in [-0.1, -0.05) is 17.7 Å². The summed E-state index contributed by atoms with van der Waals surface area (Å²) in [7, 11) is 0. The minimum absolute atomic E-state index is 0.0333. The lowest BCUT2D eigenvalue weighted by atomic mass is 10.1. The summed E-state index contributed by atoms with van der Waals surface area (Å²) in [4.78, 5) is 24.6. The van der Waals surface area contributed by atoms with Gasteiger partial charge in [-0.25, -0.2) is 4.79 Å². The molecule has 0 bridgehead atoms. The first-order valence-electron chi connectivity index (χ1n) is 6.27. The van der Waals surface area contributed by atoms with Gasteiger partial charge in [-0.05, 0) is 31.9 Å². The van der Waals surface area contributed by atoms with E-state index in [1.807, 2.05) is 32.9 Å². The second kappa shape index (κ2) is 5.30. The van der Waals surface area contributed by atoms with Crippen LogP contribution in [0.4, 0.5) is 10.5 Å². The maximum absolute atomic E-state index is 11.9. The highest BCUT2D eigenvalue weighted by atomic mass is 16.6. The topological polar surface area (TPSA) is 58.6 Å². The van der Waals surface area contributed by atoms with Crippen molar-refractivity contribution in [3.05, 3.63) is 28.8 Å². The molecule has 1 aliphatic rings. The number of carbonyl (C=O) groups excluding carboxylic acids is 2. The maximum atomic E-state index is 11.9. The maximum Gasteiger partial charge on any atom is 0.410 e. The largest absolute Gasteiger partial charge is 0.448 e. The molecule has 1 saturated heterocycles. The average Bonchev–Trinajstić information content (AvgIpc) is 2.69. The summed E-state index contributed by atoms with van der Waals surface area (Å²) in [5, 5.41) is 2.86. The van der Waals surface area contributed by atoms with E-state index in [9.17, 15) is 9.59 Å². The summed E-state index contributed by atoms with van der Waals surface area (Å²) < 4.78 is 4.79. The minimum Gasteiger partial charge on any atom is -0.448 e. The van der Waals surface area contributed by atoms with Crippen molar-refractivity contribution in [2.45, 2.75) is 20.8 Å². The van der Waals surface area contributed by atoms with E-state index in [-0.39, 0.29) is 12.5 Å². The Hall–Kier alpha value is -2.04. The number of benzene rings is 1. The van der Waals surface area contributed by atoms with Crippen molar-refractivity contribution in [3.63, 3.8) is 0 Å². The molecule has 1 fully saturated rings. The lowest BCUT2D eigenvalue weighted by molar-refractivity contribution is -0.116. The van der Waals surface area contributed by atoms with Gasteiger partial charge in [0.05, 0.1) is 6.54 Å². The molecule has 2 amide bonds. The number of nitrogens with zero attached hydrogens (tertiary/aromatic N) is 1. The third-order valence-corrected chi connectivity index (χ3v) is 3.12. The van der Waals surface area contributed by atoms with Gasteiger partial charge in [-0.2, -0.15) is 0 Å². The van der Waals surface area contributed by atoms with E-state index >= 15 is 0 Å². The molecular weight excluding hydrogens is 244 g/mol. The van der Waals surface area contributed by atoms with Gasteiger partial charge < -0.3 is 10.1 Å². The lowest BCUT2D eigenvalue weighted by Gasteiger charge is -2.15. The van der Waals surface area contributed by atoms with Crippen molar-refractivity contribution < 1.29 is 14.3 Å². The fourth-order valence-corrected chi connectivity index (χ4v) is 2.30. The Bertz CT molecular complexity index is 502. The number of anilines is 1. The Balaban J connectivity index is 2.05. The van der Waals surface area contributed by atoms with Crippen LogP contribution in [-0.2, 0) is 9.53 Å². The molecular formula is C14H18N2O3. The number of cyclic esters (lactones) is 1. The number of hydrogen-bond donors (Lipinski definition) is 1. The van der Waals surface area contributed by atoms with E-state index in [1.165, 1.54) is 4.90 Å². The fourth-order valence-electron chi connectivity index (χ4n) is 2.30. The van der Waals surface area contributed by atoms with Gasteiger partial charge >= 0.3 is 6.09 Å². The zero-order valence-electron chi connectivity index (χ0n) is 11.4. The van der Waals surface area contributed by atoms with Gasteiger partial charge in [0.15, 0.2) is 0 Å². The number of hydrogen-bond acceptors (Lipinski definition) is 3. The summed E-state index contributed by atoms with van der Waals surface area (Å²) in [6.07, 6.45) is -0.424. The van der Waals surface area contributed by atoms with Crippen LogP contribution >= 0.6 is 0 Å². The molecule has 1 aromatic rings. The van der Waals surface area contributed by atoms with Crippen LogP contribution in [0.15, 0.2) is 12.1 Å². The van der Waals surface area contributed by atoms with Crippen molar-refractivity contribution in [2.24, 2.45) is 0 Å². The molecule has 5 nitrogen and oxygen atoms in total. The number of nitrogens with one attached hydrogen (secondary N) is 1. The van der Waals surface area contributed by atoms with Crippen molar-refractivity contribution in [3.8, 4) is 0 Å². The Morgan fingerprint density at radius 3 is 2.47 bits per heavy atom. The summed E-state index contributed by atoms with van der Waals surface area (Å²) in [5.41, 5.74) is 4.03. The van der Waals surface area contributed by atoms with Gasteiger partial charge in [0, 0.05) is 5.69 Å². The highest BCUT2D eigenvalue weighted by molar-refractivity contribution is 5.95. The van der Waals surface area contributed by atoms with Crippen molar-refractivity contribution in [1.29, 1.82) is 0 Å². The quantitative estimate of drug-likeness (QED) is 0.906. The fraction of sp³-hybridized carbons (Fsp3) is 0.429. The number of amides is 2. The van der Waals surface area contributed by atoms with Crippen LogP contribution in [0.2, 0.25) is 0 Å². The molecule has 1 aliphatic heterocycles. The standard InChI is InChI=1S/C14H18N2O3/c1-9-6-10(2)13(11(3)7-9)15-12(17)8-16-4-5-19-14(16)18/h6-7H,4-5,8H2,1-3H3,(H,15,17). The first kappa shape index (κ1) is 13.4. The van der Waals surface area contributed by atoms with E-state index < -0.39 is 6.09 Å². The predicted octanol–water partition coefficient (Wildman–Crippen LogP) is 2.00. The van der Waals surface area contributed by atoms with Crippen molar-refractivity contribution in [2.75, 3.05) is 25.0 Å². The molecule has 0 unspecified atom stereocenters. The second-order valence-electron chi connectivity index (χ2n) is 4.86. The minimum atomic E-state index is -0.424. The van der Waals surface area contributed by atoms with E-state index in [0.29, 0.717) is 13.2 Å². The molecule has 1 N–H and O–H groups in total. The van der Waals surface area contributed by atoms with E-state index in [4.69, 9.17) is 4.74 Å². The van der Waals surface area contributed by atoms with Crippen molar-refractivity contribution >= 4 is 17.7 Å². The Kier molecular flexibility index (Phi) is 3.74. The van der Waals surface area contributed by atoms with Gasteiger partial charge in [0.1, 0.15) is 13.2 Å². The monoisotopic (exact) mass is 262 g/mol. The van der Waals surface area contributed by atoms with Crippen LogP contribution in [0.3, 0.4) is 0 Å². The van der Waals surface area contributed by atoms with Crippen LogP contribution in [0, 0.1) is 20.8 Å². The molecule has 1 aromatic carbocycles. The van der Waals surface area contributed by atoms with Crippen LogP contribution in [0.1, 0.15) is 16.7 Å². The number of rotatable bonds is 3. The van der Waals surface area contributed by atoms with E-state index in [0.717, 1.165) is 22.4 Å². The molecule has 19 heavy (non-hydrogen) atoms. The predicted molar refractivity (Wildman–Crippen MR) is 72.2 cm³/mol.